The molecule has 1 N–H and O–H groups in total. The van der Waals surface area contributed by atoms with Gasteiger partial charge in [-0.25, -0.2) is 9.96 Å². The van der Waals surface area contributed by atoms with Gasteiger partial charge in [0.25, 0.3) is 17.3 Å². The van der Waals surface area contributed by atoms with Crippen LogP contribution in [0.15, 0.2) is 65.1 Å². The number of imide groups is 1. The quantitative estimate of drug-likeness (QED) is 0.254. The van der Waals surface area contributed by atoms with Gasteiger partial charge in [-0.05, 0) is 51.8 Å². The molecule has 0 unspecified atom stereocenters. The van der Waals surface area contributed by atoms with Gasteiger partial charge in [-0.15, -0.1) is 0 Å². The number of carbonyl (C=O) groups excluding carboxylic acids is 2. The van der Waals surface area contributed by atoms with Crippen LogP contribution >= 0.6 is 15.9 Å². The summed E-state index contributed by atoms with van der Waals surface area (Å²) in [6.07, 6.45) is -1.29. The minimum atomic E-state index is -1.29. The van der Waals surface area contributed by atoms with Crippen molar-refractivity contribution in [2.45, 2.75) is 12.1 Å². The lowest BCUT2D eigenvalue weighted by Crippen LogP contribution is -2.37. The lowest BCUT2D eigenvalue weighted by Gasteiger charge is -2.29. The highest BCUT2D eigenvalue weighted by Gasteiger charge is 2.60. The zero-order chi connectivity index (χ0) is 27.3. The first-order chi connectivity index (χ1) is 18.1. The Morgan fingerprint density at radius 2 is 1.63 bits per heavy atom. The number of aromatic hydroxyl groups is 1. The van der Waals surface area contributed by atoms with Gasteiger partial charge < -0.3 is 9.84 Å². The normalized spacial score (nSPS) is 20.5. The molecule has 3 aromatic rings. The van der Waals surface area contributed by atoms with Crippen molar-refractivity contribution in [2.75, 3.05) is 17.1 Å². The van der Waals surface area contributed by atoms with E-state index < -0.39 is 39.7 Å². The number of amides is 2. The fourth-order valence-electron chi connectivity index (χ4n) is 4.62. The third-order valence-electron chi connectivity index (χ3n) is 6.34. The summed E-state index contributed by atoms with van der Waals surface area (Å²) >= 11 is 3.26. The van der Waals surface area contributed by atoms with Crippen molar-refractivity contribution in [1.82, 2.24) is 0 Å². The minimum Gasteiger partial charge on any atom is -0.503 e. The van der Waals surface area contributed by atoms with E-state index in [1.807, 2.05) is 0 Å². The number of halogens is 1. The monoisotopic (exact) mass is 584 g/mol. The number of nitrogens with zero attached hydrogens (tertiary/aromatic N) is 4. The van der Waals surface area contributed by atoms with Crippen molar-refractivity contribution in [2.24, 2.45) is 5.92 Å². The van der Waals surface area contributed by atoms with Gasteiger partial charge in [0.15, 0.2) is 17.6 Å². The van der Waals surface area contributed by atoms with Crippen molar-refractivity contribution in [1.29, 1.82) is 0 Å². The van der Waals surface area contributed by atoms with Crippen LogP contribution in [0.5, 0.6) is 11.5 Å². The van der Waals surface area contributed by atoms with Crippen LogP contribution in [0.3, 0.4) is 0 Å². The molecule has 0 bridgehead atoms. The van der Waals surface area contributed by atoms with Crippen molar-refractivity contribution < 1.29 is 34.1 Å². The number of nitro benzene ring substituents is 2. The van der Waals surface area contributed by atoms with Crippen LogP contribution < -0.4 is 14.7 Å². The zero-order valence-electron chi connectivity index (χ0n) is 19.4. The summed E-state index contributed by atoms with van der Waals surface area (Å²) in [5, 5.41) is 34.0. The Bertz CT molecular complexity index is 1500. The van der Waals surface area contributed by atoms with E-state index in [2.05, 4.69) is 15.9 Å². The highest BCUT2D eigenvalue weighted by molar-refractivity contribution is 9.10. The highest BCUT2D eigenvalue weighted by atomic mass is 79.9. The molecule has 2 aliphatic rings. The molecule has 2 aliphatic heterocycles. The number of nitro groups is 2. The predicted octanol–water partition coefficient (Wildman–Crippen LogP) is 4.03. The van der Waals surface area contributed by atoms with Gasteiger partial charge in [-0.3, -0.25) is 34.7 Å². The number of rotatable bonds is 6. The summed E-state index contributed by atoms with van der Waals surface area (Å²) in [6.45, 7) is 0. The van der Waals surface area contributed by atoms with E-state index in [-0.39, 0.29) is 38.7 Å². The fourth-order valence-corrected chi connectivity index (χ4v) is 5.08. The van der Waals surface area contributed by atoms with E-state index in [9.17, 15) is 34.9 Å². The second kappa shape index (κ2) is 9.39. The first-order valence-corrected chi connectivity index (χ1v) is 11.8. The predicted molar refractivity (Wildman–Crippen MR) is 135 cm³/mol. The Labute approximate surface area is 222 Å². The van der Waals surface area contributed by atoms with Gasteiger partial charge in [-0.1, -0.05) is 6.07 Å². The lowest BCUT2D eigenvalue weighted by molar-refractivity contribution is -0.385. The molecule has 13 nitrogen and oxygen atoms in total. The average molecular weight is 585 g/mol. The summed E-state index contributed by atoms with van der Waals surface area (Å²) in [5.74, 6) is -2.53. The number of anilines is 2. The molecule has 0 saturated carbocycles. The van der Waals surface area contributed by atoms with Crippen molar-refractivity contribution in [3.63, 3.8) is 0 Å². The third kappa shape index (κ3) is 3.99. The molecule has 2 saturated heterocycles. The van der Waals surface area contributed by atoms with Gasteiger partial charge in [0.05, 0.1) is 38.8 Å². The molecular weight excluding hydrogens is 568 g/mol. The third-order valence-corrected chi connectivity index (χ3v) is 6.95. The van der Waals surface area contributed by atoms with E-state index in [0.29, 0.717) is 5.56 Å². The number of hydroxylamine groups is 1. The molecule has 0 aromatic heterocycles. The molecule has 3 atom stereocenters. The topological polar surface area (TPSA) is 166 Å². The van der Waals surface area contributed by atoms with E-state index >= 15 is 0 Å². The Morgan fingerprint density at radius 1 is 0.947 bits per heavy atom. The first kappa shape index (κ1) is 25.1. The minimum absolute atomic E-state index is 0.0841. The number of non-ortho nitro benzene ring substituents is 2. The number of hydrogen-bond acceptors (Lipinski definition) is 10. The smallest absolute Gasteiger partial charge is 0.271 e. The summed E-state index contributed by atoms with van der Waals surface area (Å²) in [4.78, 5) is 55.3. The molecule has 2 fully saturated rings. The van der Waals surface area contributed by atoms with Crippen molar-refractivity contribution >= 4 is 50.5 Å². The molecule has 194 valence electrons. The number of methoxy groups -OCH3 is 1. The number of ether oxygens (including phenoxy) is 1. The van der Waals surface area contributed by atoms with Crippen LogP contribution in [0.1, 0.15) is 11.6 Å². The second-order valence-electron chi connectivity index (χ2n) is 8.44. The van der Waals surface area contributed by atoms with E-state index in [1.54, 1.807) is 0 Å². The molecule has 2 heterocycles. The first-order valence-electron chi connectivity index (χ1n) is 11.0. The molecule has 5 rings (SSSR count). The largest absolute Gasteiger partial charge is 0.503 e. The Kier molecular flexibility index (Phi) is 6.20. The van der Waals surface area contributed by atoms with Gasteiger partial charge in [0.1, 0.15) is 5.92 Å². The summed E-state index contributed by atoms with van der Waals surface area (Å²) < 4.78 is 5.50. The maximum Gasteiger partial charge on any atom is 0.271 e. The number of benzene rings is 3. The lowest BCUT2D eigenvalue weighted by atomic mass is 9.90. The maximum absolute atomic E-state index is 13.7. The summed E-state index contributed by atoms with van der Waals surface area (Å²) in [6, 6.07) is 12.5. The Morgan fingerprint density at radius 3 is 2.26 bits per heavy atom. The molecule has 0 radical (unpaired) electrons. The van der Waals surface area contributed by atoms with E-state index in [4.69, 9.17) is 9.57 Å². The SMILES string of the molecule is COc1cc([C@H]2[C@H]3C(=O)N(c4ccc([N+](=O)[O-])cc4)C(=O)[C@H]3ON2c2cccc([N+](=O)[O-])c2)cc(Br)c1O. The zero-order valence-corrected chi connectivity index (χ0v) is 21.0. The van der Waals surface area contributed by atoms with Gasteiger partial charge in [-0.2, -0.15) is 0 Å². The maximum atomic E-state index is 13.7. The highest BCUT2D eigenvalue weighted by Crippen LogP contribution is 2.50. The fraction of sp³-hybridized carbons (Fsp3) is 0.167. The number of phenolic OH excluding ortho intramolecular Hbond substituents is 1. The number of fused-ring (bicyclic) bond motifs is 1. The van der Waals surface area contributed by atoms with Crippen molar-refractivity contribution in [3.05, 3.63) is 90.9 Å². The van der Waals surface area contributed by atoms with Crippen LogP contribution in [0.4, 0.5) is 22.7 Å². The summed E-state index contributed by atoms with van der Waals surface area (Å²) in [5.41, 5.74) is 0.340. The molecule has 38 heavy (non-hydrogen) atoms. The molecule has 14 heteroatoms. The molecule has 0 aliphatic carbocycles. The van der Waals surface area contributed by atoms with Crippen LogP contribution in [0, 0.1) is 26.1 Å². The molecule has 0 spiro atoms. The molecular formula is C24H17BrN4O9. The van der Waals surface area contributed by atoms with Gasteiger partial charge in [0.2, 0.25) is 5.91 Å². The number of hydrogen-bond donors (Lipinski definition) is 1. The van der Waals surface area contributed by atoms with Crippen LogP contribution in [0.2, 0.25) is 0 Å². The van der Waals surface area contributed by atoms with Crippen molar-refractivity contribution in [3.8, 4) is 11.5 Å². The molecule has 3 aromatic carbocycles. The van der Waals surface area contributed by atoms with Crippen LogP contribution in [0.25, 0.3) is 0 Å². The molecule has 2 amide bonds. The van der Waals surface area contributed by atoms with Crippen LogP contribution in [-0.4, -0.2) is 40.0 Å². The summed E-state index contributed by atoms with van der Waals surface area (Å²) in [7, 11) is 1.35. The number of phenols is 1. The van der Waals surface area contributed by atoms with E-state index in [0.717, 1.165) is 4.90 Å². The van der Waals surface area contributed by atoms with Gasteiger partial charge in [0, 0.05) is 24.3 Å². The van der Waals surface area contributed by atoms with E-state index in [1.165, 1.54) is 72.8 Å². The number of carbonyl (C=O) groups is 2. The Hall–Kier alpha value is -4.56. The van der Waals surface area contributed by atoms with Gasteiger partial charge >= 0.3 is 0 Å². The average Bonchev–Trinajstić information content (AvgIpc) is 3.41. The second-order valence-corrected chi connectivity index (χ2v) is 9.29. The van der Waals surface area contributed by atoms with Crippen LogP contribution in [-0.2, 0) is 14.4 Å². The Balaban J connectivity index is 1.62. The standard InChI is InChI=1S/C24H17BrN4O9/c1-37-18-10-12(9-17(25)21(18)30)20-19-22(38-27(20)15-3-2-4-16(11-15)29(35)36)24(32)26(23(19)31)13-5-7-14(8-6-13)28(33)34/h2-11,19-20,22,30H,1H3/t19-,20+,22+/m1/s1.